The van der Waals surface area contributed by atoms with Crippen molar-refractivity contribution in [3.05, 3.63) is 58.8 Å². The van der Waals surface area contributed by atoms with Crippen LogP contribution in [0.25, 0.3) is 10.8 Å². The molecule has 3 nitrogen and oxygen atoms in total. The Hall–Kier alpha value is -2.04. The second kappa shape index (κ2) is 8.37. The van der Waals surface area contributed by atoms with E-state index in [4.69, 9.17) is 16.3 Å². The third-order valence-electron chi connectivity index (χ3n) is 4.08. The zero-order valence-corrected chi connectivity index (χ0v) is 15.6. The molecule has 0 amide bonds. The van der Waals surface area contributed by atoms with E-state index in [2.05, 4.69) is 41.5 Å². The van der Waals surface area contributed by atoms with Crippen LogP contribution in [-0.2, 0) is 6.42 Å². The van der Waals surface area contributed by atoms with Gasteiger partial charge in [-0.15, -0.1) is 11.3 Å². The SMILES string of the molecule is CCCN(CCc1cccs1)c1ccc2c(OC(=O)Cl)cccc2c1. The summed E-state index contributed by atoms with van der Waals surface area (Å²) in [6, 6.07) is 16.1. The number of thiophene rings is 1. The summed E-state index contributed by atoms with van der Waals surface area (Å²) in [4.78, 5) is 14.9. The third-order valence-corrected chi connectivity index (χ3v) is 5.09. The molecule has 0 aliphatic rings. The van der Waals surface area contributed by atoms with Crippen LogP contribution in [0.1, 0.15) is 18.2 Å². The first kappa shape index (κ1) is 17.8. The molecule has 2 aromatic carbocycles. The van der Waals surface area contributed by atoms with Crippen LogP contribution < -0.4 is 9.64 Å². The number of ether oxygens (including phenoxy) is 1. The van der Waals surface area contributed by atoms with E-state index < -0.39 is 5.43 Å². The molecule has 0 saturated carbocycles. The minimum atomic E-state index is -0.819. The van der Waals surface area contributed by atoms with E-state index in [1.807, 2.05) is 18.2 Å². The average molecular weight is 374 g/mol. The first-order valence-corrected chi connectivity index (χ1v) is 9.60. The van der Waals surface area contributed by atoms with Gasteiger partial charge in [0.2, 0.25) is 0 Å². The Morgan fingerprint density at radius 3 is 2.76 bits per heavy atom. The number of anilines is 1. The molecule has 1 heterocycles. The zero-order valence-electron chi connectivity index (χ0n) is 14.1. The summed E-state index contributed by atoms with van der Waals surface area (Å²) in [7, 11) is 0. The van der Waals surface area contributed by atoms with Crippen molar-refractivity contribution in [2.24, 2.45) is 0 Å². The highest BCUT2D eigenvalue weighted by Crippen LogP contribution is 2.30. The molecule has 0 radical (unpaired) electrons. The fourth-order valence-corrected chi connectivity index (χ4v) is 3.73. The van der Waals surface area contributed by atoms with Crippen molar-refractivity contribution in [2.75, 3.05) is 18.0 Å². The predicted molar refractivity (Wildman–Crippen MR) is 106 cm³/mol. The number of hydrogen-bond donors (Lipinski definition) is 0. The van der Waals surface area contributed by atoms with E-state index in [1.165, 1.54) is 10.6 Å². The van der Waals surface area contributed by atoms with Crippen LogP contribution in [0.4, 0.5) is 10.5 Å². The molecular weight excluding hydrogens is 354 g/mol. The monoisotopic (exact) mass is 373 g/mol. The number of fused-ring (bicyclic) bond motifs is 1. The molecule has 5 heteroatoms. The summed E-state index contributed by atoms with van der Waals surface area (Å²) < 4.78 is 5.09. The van der Waals surface area contributed by atoms with Crippen LogP contribution >= 0.6 is 22.9 Å². The molecule has 3 aromatic rings. The van der Waals surface area contributed by atoms with Gasteiger partial charge in [-0.1, -0.05) is 25.1 Å². The second-order valence-electron chi connectivity index (χ2n) is 5.82. The van der Waals surface area contributed by atoms with E-state index in [9.17, 15) is 4.79 Å². The normalized spacial score (nSPS) is 10.8. The fourth-order valence-electron chi connectivity index (χ4n) is 2.95. The molecule has 0 N–H and O–H groups in total. The second-order valence-corrected chi connectivity index (χ2v) is 7.16. The maximum absolute atomic E-state index is 11.1. The lowest BCUT2D eigenvalue weighted by molar-refractivity contribution is 0.226. The van der Waals surface area contributed by atoms with Gasteiger partial charge in [0.15, 0.2) is 0 Å². The van der Waals surface area contributed by atoms with Crippen molar-refractivity contribution in [2.45, 2.75) is 19.8 Å². The van der Waals surface area contributed by atoms with Crippen LogP contribution in [0, 0.1) is 0 Å². The molecule has 0 unspecified atom stereocenters. The molecule has 1 aromatic heterocycles. The summed E-state index contributed by atoms with van der Waals surface area (Å²) in [6.07, 6.45) is 2.13. The van der Waals surface area contributed by atoms with Gasteiger partial charge in [-0.3, -0.25) is 0 Å². The zero-order chi connectivity index (χ0) is 17.6. The summed E-state index contributed by atoms with van der Waals surface area (Å²) in [5.74, 6) is 0.490. The van der Waals surface area contributed by atoms with Gasteiger partial charge in [0.25, 0.3) is 0 Å². The Bertz CT molecular complexity index is 848. The molecule has 0 bridgehead atoms. The lowest BCUT2D eigenvalue weighted by Gasteiger charge is -2.24. The van der Waals surface area contributed by atoms with Crippen molar-refractivity contribution in [1.29, 1.82) is 0 Å². The lowest BCUT2D eigenvalue weighted by atomic mass is 10.1. The molecule has 0 fully saturated rings. The van der Waals surface area contributed by atoms with Gasteiger partial charge < -0.3 is 9.64 Å². The van der Waals surface area contributed by atoms with Gasteiger partial charge in [0.05, 0.1) is 0 Å². The molecule has 0 aliphatic carbocycles. The van der Waals surface area contributed by atoms with Crippen LogP contribution in [-0.4, -0.2) is 18.5 Å². The predicted octanol–water partition coefficient (Wildman–Crippen LogP) is 6.10. The lowest BCUT2D eigenvalue weighted by Crippen LogP contribution is -2.26. The van der Waals surface area contributed by atoms with Gasteiger partial charge >= 0.3 is 5.43 Å². The Labute approximate surface area is 156 Å². The van der Waals surface area contributed by atoms with Crippen LogP contribution in [0.2, 0.25) is 0 Å². The first-order valence-electron chi connectivity index (χ1n) is 8.35. The maximum atomic E-state index is 11.1. The van der Waals surface area contributed by atoms with Gasteiger partial charge in [-0.05, 0) is 53.9 Å². The minimum absolute atomic E-state index is 0.490. The number of carbonyl (C=O) groups is 1. The van der Waals surface area contributed by atoms with Crippen molar-refractivity contribution in [1.82, 2.24) is 0 Å². The van der Waals surface area contributed by atoms with Crippen LogP contribution in [0.15, 0.2) is 53.9 Å². The Morgan fingerprint density at radius 2 is 2.04 bits per heavy atom. The summed E-state index contributed by atoms with van der Waals surface area (Å²) in [5, 5.41) is 4.04. The maximum Gasteiger partial charge on any atom is 0.409 e. The van der Waals surface area contributed by atoms with Gasteiger partial charge in [-0.2, -0.15) is 0 Å². The van der Waals surface area contributed by atoms with Crippen LogP contribution in [0.5, 0.6) is 5.75 Å². The third kappa shape index (κ3) is 4.53. The van der Waals surface area contributed by atoms with Crippen molar-refractivity contribution < 1.29 is 9.53 Å². The summed E-state index contributed by atoms with van der Waals surface area (Å²) >= 11 is 7.16. The van der Waals surface area contributed by atoms with E-state index in [0.717, 1.165) is 36.7 Å². The number of hydrogen-bond acceptors (Lipinski definition) is 4. The molecule has 130 valence electrons. The van der Waals surface area contributed by atoms with Gasteiger partial charge in [-0.25, -0.2) is 4.79 Å². The topological polar surface area (TPSA) is 29.5 Å². The summed E-state index contributed by atoms with van der Waals surface area (Å²) in [6.45, 7) is 4.18. The Balaban J connectivity index is 1.85. The summed E-state index contributed by atoms with van der Waals surface area (Å²) in [5.41, 5.74) is 0.361. The Morgan fingerprint density at radius 1 is 1.16 bits per heavy atom. The molecule has 25 heavy (non-hydrogen) atoms. The smallest absolute Gasteiger partial charge is 0.409 e. The standard InChI is InChI=1S/C20H20ClNO2S/c1-2-11-22(12-10-17-6-4-13-25-17)16-8-9-18-15(14-16)5-3-7-19(18)24-20(21)23/h3-9,13-14H,2,10-12H2,1H3. The van der Waals surface area contributed by atoms with Crippen LogP contribution in [0.3, 0.4) is 0 Å². The molecule has 0 spiro atoms. The molecule has 0 atom stereocenters. The molecular formula is C20H20ClNO2S. The van der Waals surface area contributed by atoms with E-state index >= 15 is 0 Å². The fraction of sp³-hybridized carbons (Fsp3) is 0.250. The van der Waals surface area contributed by atoms with Gasteiger partial charge in [0, 0.05) is 40.6 Å². The van der Waals surface area contributed by atoms with Gasteiger partial charge in [0.1, 0.15) is 5.75 Å². The average Bonchev–Trinajstić information content (AvgIpc) is 3.11. The molecule has 0 aliphatic heterocycles. The van der Waals surface area contributed by atoms with Crippen molar-refractivity contribution in [3.8, 4) is 5.75 Å². The number of halogens is 1. The highest BCUT2D eigenvalue weighted by molar-refractivity contribution is 7.09. The van der Waals surface area contributed by atoms with E-state index in [-0.39, 0.29) is 0 Å². The van der Waals surface area contributed by atoms with E-state index in [0.29, 0.717) is 5.75 Å². The Kier molecular flexibility index (Phi) is 5.95. The quantitative estimate of drug-likeness (QED) is 0.469. The molecule has 3 rings (SSSR count). The first-order chi connectivity index (χ1) is 12.2. The number of carbonyl (C=O) groups excluding carboxylic acids is 1. The highest BCUT2D eigenvalue weighted by atomic mass is 35.5. The molecule has 0 saturated heterocycles. The van der Waals surface area contributed by atoms with Crippen molar-refractivity contribution >= 4 is 44.8 Å². The van der Waals surface area contributed by atoms with E-state index in [1.54, 1.807) is 17.4 Å². The minimum Gasteiger partial charge on any atom is -0.414 e. The number of nitrogens with zero attached hydrogens (tertiary/aromatic N) is 1. The largest absolute Gasteiger partial charge is 0.414 e. The number of rotatable bonds is 7. The number of benzene rings is 2. The van der Waals surface area contributed by atoms with Crippen molar-refractivity contribution in [3.63, 3.8) is 0 Å². The highest BCUT2D eigenvalue weighted by Gasteiger charge is 2.10.